The maximum absolute atomic E-state index is 14.1. The molecule has 0 spiro atoms. The van der Waals surface area contributed by atoms with Crippen molar-refractivity contribution in [3.8, 4) is 5.75 Å². The lowest BCUT2D eigenvalue weighted by molar-refractivity contribution is 0.0605. The van der Waals surface area contributed by atoms with Crippen LogP contribution in [0.3, 0.4) is 0 Å². The van der Waals surface area contributed by atoms with Gasteiger partial charge in [0, 0.05) is 19.2 Å². The number of hydrogen-bond acceptors (Lipinski definition) is 9. The Labute approximate surface area is 206 Å². The van der Waals surface area contributed by atoms with Crippen LogP contribution >= 0.6 is 11.3 Å². The van der Waals surface area contributed by atoms with Crippen molar-refractivity contribution in [3.63, 3.8) is 0 Å². The molecule has 0 unspecified atom stereocenters. The number of anilines is 2. The van der Waals surface area contributed by atoms with Crippen LogP contribution in [0.1, 0.15) is 40.9 Å². The van der Waals surface area contributed by atoms with Gasteiger partial charge in [-0.1, -0.05) is 0 Å². The molecule has 0 aliphatic heterocycles. The van der Waals surface area contributed by atoms with E-state index in [-0.39, 0.29) is 18.2 Å². The monoisotopic (exact) mass is 502 g/mol. The van der Waals surface area contributed by atoms with Gasteiger partial charge < -0.3 is 24.4 Å². The number of esters is 1. The number of rotatable bonds is 6. The Hall–Kier alpha value is -3.47. The van der Waals surface area contributed by atoms with Crippen molar-refractivity contribution in [2.45, 2.75) is 44.8 Å². The summed E-state index contributed by atoms with van der Waals surface area (Å²) in [5, 5.41) is 3.93. The molecular formula is C24H27FN4O5S. The van der Waals surface area contributed by atoms with Gasteiger partial charge in [-0.2, -0.15) is 0 Å². The molecule has 1 N–H and O–H groups in total. The Morgan fingerprint density at radius 2 is 1.89 bits per heavy atom. The third kappa shape index (κ3) is 5.14. The van der Waals surface area contributed by atoms with Crippen LogP contribution in [0.4, 0.5) is 20.7 Å². The van der Waals surface area contributed by atoms with Gasteiger partial charge in [0.2, 0.25) is 0 Å². The summed E-state index contributed by atoms with van der Waals surface area (Å²) in [7, 11) is 4.43. The summed E-state index contributed by atoms with van der Waals surface area (Å²) >= 11 is 1.23. The number of aromatic nitrogens is 2. The minimum absolute atomic E-state index is 0.0762. The van der Waals surface area contributed by atoms with Gasteiger partial charge in [-0.25, -0.2) is 23.9 Å². The highest BCUT2D eigenvalue weighted by Crippen LogP contribution is 2.37. The number of amides is 1. The molecule has 2 heterocycles. The summed E-state index contributed by atoms with van der Waals surface area (Å²) in [5.74, 6) is -0.00531. The number of halogens is 1. The first-order valence-corrected chi connectivity index (χ1v) is 12.0. The van der Waals surface area contributed by atoms with E-state index in [9.17, 15) is 14.0 Å². The van der Waals surface area contributed by atoms with E-state index in [0.717, 1.165) is 12.8 Å². The van der Waals surface area contributed by atoms with Crippen molar-refractivity contribution in [2.24, 2.45) is 0 Å². The lowest BCUT2D eigenvalue weighted by Gasteiger charge is -2.34. The lowest BCUT2D eigenvalue weighted by atomic mass is 9.92. The van der Waals surface area contributed by atoms with Crippen LogP contribution in [-0.2, 0) is 9.47 Å². The topological polar surface area (TPSA) is 103 Å². The number of thiophene rings is 1. The number of carbonyl (C=O) groups excluding carboxylic acids is 2. The van der Waals surface area contributed by atoms with E-state index in [0.29, 0.717) is 50.8 Å². The zero-order valence-corrected chi connectivity index (χ0v) is 20.8. The van der Waals surface area contributed by atoms with E-state index in [2.05, 4.69) is 15.3 Å². The smallest absolute Gasteiger partial charge is 0.409 e. The SMILES string of the molecule is COC(=O)c1sc2ncnc(Nc3ccc(F)cc3O[C@H]3CC[C@H](N(C)C(=O)OC)CC3)c2c1C. The van der Waals surface area contributed by atoms with Gasteiger partial charge in [0.25, 0.3) is 0 Å². The maximum atomic E-state index is 14.1. The third-order valence-electron chi connectivity index (χ3n) is 6.24. The number of methoxy groups -OCH3 is 2. The molecule has 1 aliphatic carbocycles. The molecule has 0 atom stereocenters. The highest BCUT2D eigenvalue weighted by atomic mass is 32.1. The number of ether oxygens (including phenoxy) is 3. The van der Waals surface area contributed by atoms with Crippen LogP contribution < -0.4 is 10.1 Å². The molecule has 1 fully saturated rings. The Bertz CT molecular complexity index is 1240. The third-order valence-corrected chi connectivity index (χ3v) is 7.42. The molecular weight excluding hydrogens is 475 g/mol. The molecule has 0 saturated heterocycles. The second-order valence-corrected chi connectivity index (χ2v) is 9.34. The first-order valence-electron chi connectivity index (χ1n) is 11.2. The highest BCUT2D eigenvalue weighted by Gasteiger charge is 2.28. The van der Waals surface area contributed by atoms with Crippen molar-refractivity contribution in [2.75, 3.05) is 26.6 Å². The highest BCUT2D eigenvalue weighted by molar-refractivity contribution is 7.20. The van der Waals surface area contributed by atoms with Crippen LogP contribution in [0.2, 0.25) is 0 Å². The predicted molar refractivity (Wildman–Crippen MR) is 130 cm³/mol. The summed E-state index contributed by atoms with van der Waals surface area (Å²) in [5.41, 5.74) is 1.25. The van der Waals surface area contributed by atoms with Gasteiger partial charge in [-0.15, -0.1) is 11.3 Å². The molecule has 2 aromatic heterocycles. The van der Waals surface area contributed by atoms with Crippen molar-refractivity contribution in [1.29, 1.82) is 0 Å². The Balaban J connectivity index is 1.55. The lowest BCUT2D eigenvalue weighted by Crippen LogP contribution is -2.41. The van der Waals surface area contributed by atoms with Gasteiger partial charge in [0.15, 0.2) is 0 Å². The molecule has 1 amide bonds. The predicted octanol–water partition coefficient (Wildman–Crippen LogP) is 5.06. The minimum atomic E-state index is -0.435. The summed E-state index contributed by atoms with van der Waals surface area (Å²) in [6.45, 7) is 1.81. The summed E-state index contributed by atoms with van der Waals surface area (Å²) < 4.78 is 30.0. The molecule has 1 aliphatic rings. The molecule has 1 saturated carbocycles. The molecule has 0 bridgehead atoms. The average molecular weight is 503 g/mol. The minimum Gasteiger partial charge on any atom is -0.488 e. The van der Waals surface area contributed by atoms with Crippen molar-refractivity contribution >= 4 is 45.1 Å². The standard InChI is InChI=1S/C24H27FN4O5S/c1-13-19-21(26-12-27-22(19)35-20(13)23(30)32-3)28-17-10-5-14(25)11-18(17)34-16-8-6-15(7-9-16)29(2)24(31)33-4/h5,10-12,15-16H,6-9H2,1-4H3,(H,26,27,28)/t15-,16-. The van der Waals surface area contributed by atoms with Crippen LogP contribution in [0.25, 0.3) is 10.2 Å². The zero-order chi connectivity index (χ0) is 25.1. The van der Waals surface area contributed by atoms with Crippen molar-refractivity contribution in [1.82, 2.24) is 14.9 Å². The Morgan fingerprint density at radius 3 is 2.57 bits per heavy atom. The Morgan fingerprint density at radius 1 is 1.14 bits per heavy atom. The fourth-order valence-electron chi connectivity index (χ4n) is 4.30. The number of nitrogens with one attached hydrogen (secondary N) is 1. The van der Waals surface area contributed by atoms with Gasteiger partial charge >= 0.3 is 12.1 Å². The first-order chi connectivity index (χ1) is 16.8. The fourth-order valence-corrected chi connectivity index (χ4v) is 5.37. The fraction of sp³-hybridized carbons (Fsp3) is 0.417. The van der Waals surface area contributed by atoms with E-state index in [1.54, 1.807) is 18.0 Å². The number of hydrogen-bond donors (Lipinski definition) is 1. The quantitative estimate of drug-likeness (QED) is 0.467. The summed E-state index contributed by atoms with van der Waals surface area (Å²) in [6.07, 6.45) is 3.86. The van der Waals surface area contributed by atoms with Crippen LogP contribution in [0.5, 0.6) is 5.75 Å². The maximum Gasteiger partial charge on any atom is 0.409 e. The second kappa shape index (κ2) is 10.4. The molecule has 186 valence electrons. The normalized spacial score (nSPS) is 17.6. The largest absolute Gasteiger partial charge is 0.488 e. The number of fused-ring (bicyclic) bond motifs is 1. The van der Waals surface area contributed by atoms with Gasteiger partial charge in [-0.3, -0.25) is 0 Å². The van der Waals surface area contributed by atoms with Crippen molar-refractivity contribution in [3.05, 3.63) is 40.8 Å². The molecule has 1 aromatic carbocycles. The number of nitrogens with zero attached hydrogens (tertiary/aromatic N) is 3. The van der Waals surface area contributed by atoms with Crippen LogP contribution in [-0.4, -0.2) is 60.3 Å². The van der Waals surface area contributed by atoms with Crippen LogP contribution in [0.15, 0.2) is 24.5 Å². The van der Waals surface area contributed by atoms with Gasteiger partial charge in [0.05, 0.1) is 31.4 Å². The van der Waals surface area contributed by atoms with Crippen LogP contribution in [0, 0.1) is 12.7 Å². The van der Waals surface area contributed by atoms with Gasteiger partial charge in [0.1, 0.15) is 33.4 Å². The molecule has 3 aromatic rings. The molecule has 35 heavy (non-hydrogen) atoms. The number of benzene rings is 1. The summed E-state index contributed by atoms with van der Waals surface area (Å²) in [6, 6.07) is 4.36. The molecule has 4 rings (SSSR count). The van der Waals surface area contributed by atoms with Crippen molar-refractivity contribution < 1.29 is 28.2 Å². The zero-order valence-electron chi connectivity index (χ0n) is 20.0. The van der Waals surface area contributed by atoms with E-state index in [1.165, 1.54) is 44.0 Å². The summed E-state index contributed by atoms with van der Waals surface area (Å²) in [4.78, 5) is 35.3. The number of carbonyl (C=O) groups is 2. The average Bonchev–Trinajstić information content (AvgIpc) is 3.22. The van der Waals surface area contributed by atoms with E-state index in [4.69, 9.17) is 14.2 Å². The molecule has 11 heteroatoms. The molecule has 0 radical (unpaired) electrons. The van der Waals surface area contributed by atoms with E-state index >= 15 is 0 Å². The Kier molecular flexibility index (Phi) is 7.34. The van der Waals surface area contributed by atoms with Gasteiger partial charge in [-0.05, 0) is 50.3 Å². The molecule has 9 nitrogen and oxygen atoms in total. The second-order valence-electron chi connectivity index (χ2n) is 8.34. The number of aryl methyl sites for hydroxylation is 1. The van der Waals surface area contributed by atoms with E-state index in [1.807, 2.05) is 6.92 Å². The van der Waals surface area contributed by atoms with E-state index < -0.39 is 11.8 Å². The first kappa shape index (κ1) is 24.6.